The third-order valence-corrected chi connectivity index (χ3v) is 8.42. The van der Waals surface area contributed by atoms with Crippen LogP contribution >= 0.6 is 0 Å². The number of piperazine rings is 2. The van der Waals surface area contributed by atoms with E-state index in [-0.39, 0.29) is 13.2 Å². The molecule has 46 heavy (non-hydrogen) atoms. The maximum Gasteiger partial charge on any atom is 0.119 e. The van der Waals surface area contributed by atoms with Crippen LogP contribution in [0.2, 0.25) is 0 Å². The van der Waals surface area contributed by atoms with Crippen LogP contribution in [-0.4, -0.2) is 147 Å². The number of hydrogen-bond donors (Lipinski definition) is 2. The van der Waals surface area contributed by atoms with Gasteiger partial charge < -0.3 is 29.2 Å². The van der Waals surface area contributed by atoms with Gasteiger partial charge in [-0.1, -0.05) is 36.4 Å². The summed E-state index contributed by atoms with van der Waals surface area (Å²) < 4.78 is 23.3. The molecule has 2 heterocycles. The highest BCUT2D eigenvalue weighted by Gasteiger charge is 2.21. The lowest BCUT2D eigenvalue weighted by Crippen LogP contribution is -2.50. The number of nitrogens with zero attached hydrogens (tertiary/aromatic N) is 4. The largest absolute Gasteiger partial charge is 0.492 e. The third kappa shape index (κ3) is 12.1. The van der Waals surface area contributed by atoms with Crippen LogP contribution in [0.15, 0.2) is 84.9 Å². The van der Waals surface area contributed by atoms with Crippen molar-refractivity contribution in [3.05, 3.63) is 84.9 Å². The Balaban J connectivity index is 0.886. The van der Waals surface area contributed by atoms with Gasteiger partial charge in [0.25, 0.3) is 0 Å². The van der Waals surface area contributed by atoms with Gasteiger partial charge in [-0.05, 0) is 48.5 Å². The zero-order valence-electron chi connectivity index (χ0n) is 26.9. The number of hydrogen-bond acceptors (Lipinski definition) is 10. The second kappa shape index (κ2) is 18.7. The van der Waals surface area contributed by atoms with E-state index in [2.05, 4.69) is 19.6 Å². The van der Waals surface area contributed by atoms with Crippen LogP contribution < -0.4 is 18.9 Å². The highest BCUT2D eigenvalue weighted by atomic mass is 16.5. The van der Waals surface area contributed by atoms with Crippen LogP contribution in [0.5, 0.6) is 23.0 Å². The minimum atomic E-state index is -0.566. The number of benzene rings is 3. The average Bonchev–Trinajstić information content (AvgIpc) is 3.09. The van der Waals surface area contributed by atoms with Gasteiger partial charge in [0.1, 0.15) is 61.6 Å². The average molecular weight is 635 g/mol. The normalized spacial score (nSPS) is 18.1. The Morgan fingerprint density at radius 2 is 0.761 bits per heavy atom. The molecule has 5 rings (SSSR count). The molecule has 2 saturated heterocycles. The van der Waals surface area contributed by atoms with Gasteiger partial charge in [0.2, 0.25) is 0 Å². The lowest BCUT2D eigenvalue weighted by Gasteiger charge is -2.35. The minimum absolute atomic E-state index is 0.233. The molecule has 0 bridgehead atoms. The summed E-state index contributed by atoms with van der Waals surface area (Å²) in [6.45, 7) is 12.3. The Hall–Kier alpha value is -3.38. The van der Waals surface area contributed by atoms with E-state index in [1.807, 2.05) is 84.9 Å². The molecule has 250 valence electrons. The molecule has 3 aromatic carbocycles. The van der Waals surface area contributed by atoms with Crippen molar-refractivity contribution >= 4 is 0 Å². The van der Waals surface area contributed by atoms with E-state index in [4.69, 9.17) is 18.9 Å². The van der Waals surface area contributed by atoms with E-state index in [0.29, 0.717) is 37.8 Å². The van der Waals surface area contributed by atoms with E-state index in [1.165, 1.54) is 0 Å². The number of para-hydroxylation sites is 2. The molecular formula is C36H50N4O6. The molecule has 3 aromatic rings. The molecule has 0 saturated carbocycles. The second-order valence-electron chi connectivity index (χ2n) is 12.0. The van der Waals surface area contributed by atoms with Crippen LogP contribution in [0.1, 0.15) is 0 Å². The molecule has 0 radical (unpaired) electrons. The van der Waals surface area contributed by atoms with Gasteiger partial charge in [0, 0.05) is 78.5 Å². The molecular weight excluding hydrogens is 584 g/mol. The summed E-state index contributed by atoms with van der Waals surface area (Å²) in [5.41, 5.74) is 0. The van der Waals surface area contributed by atoms with E-state index < -0.39 is 12.2 Å². The van der Waals surface area contributed by atoms with Gasteiger partial charge in [-0.3, -0.25) is 19.6 Å². The predicted octanol–water partition coefficient (Wildman–Crippen LogP) is 2.56. The predicted molar refractivity (Wildman–Crippen MR) is 179 cm³/mol. The standard InChI is InChI=1S/C36H50N4O6/c41-31(27-39-19-15-37(16-20-39)23-25-43-33-7-3-1-4-8-33)29-45-35-11-13-36(14-12-35)46-30-32(42)28-40-21-17-38(18-22-40)24-26-44-34-9-5-2-6-10-34/h1-14,31-32,41-42H,15-30H2/t31-,32+. The van der Waals surface area contributed by atoms with Gasteiger partial charge >= 0.3 is 0 Å². The van der Waals surface area contributed by atoms with Crippen LogP contribution in [-0.2, 0) is 0 Å². The molecule has 0 aliphatic carbocycles. The number of ether oxygens (including phenoxy) is 4. The first kappa shape index (κ1) is 34.0. The zero-order chi connectivity index (χ0) is 31.8. The first-order chi connectivity index (χ1) is 22.6. The summed E-state index contributed by atoms with van der Waals surface area (Å²) in [7, 11) is 0. The lowest BCUT2D eigenvalue weighted by atomic mass is 10.2. The van der Waals surface area contributed by atoms with E-state index >= 15 is 0 Å². The number of aliphatic hydroxyl groups is 2. The van der Waals surface area contributed by atoms with E-state index in [9.17, 15) is 10.2 Å². The van der Waals surface area contributed by atoms with Crippen molar-refractivity contribution < 1.29 is 29.2 Å². The number of β-amino-alcohol motifs (C(OH)–C–C–N with tert-alkyl or cyclic N) is 2. The first-order valence-electron chi connectivity index (χ1n) is 16.6. The van der Waals surface area contributed by atoms with Crippen LogP contribution in [0, 0.1) is 0 Å². The maximum atomic E-state index is 10.6. The summed E-state index contributed by atoms with van der Waals surface area (Å²) in [4.78, 5) is 9.37. The topological polar surface area (TPSA) is 90.3 Å². The van der Waals surface area contributed by atoms with Crippen molar-refractivity contribution in [2.75, 3.05) is 105 Å². The molecule has 2 aliphatic rings. The fourth-order valence-corrected chi connectivity index (χ4v) is 5.73. The Labute approximate surface area is 273 Å². The molecule has 2 atom stereocenters. The van der Waals surface area contributed by atoms with Gasteiger partial charge in [0.15, 0.2) is 0 Å². The molecule has 0 aromatic heterocycles. The lowest BCUT2D eigenvalue weighted by molar-refractivity contribution is 0.0428. The Morgan fingerprint density at radius 1 is 0.435 bits per heavy atom. The fourth-order valence-electron chi connectivity index (χ4n) is 5.73. The van der Waals surface area contributed by atoms with E-state index in [1.54, 1.807) is 0 Å². The van der Waals surface area contributed by atoms with Crippen molar-refractivity contribution in [2.45, 2.75) is 12.2 Å². The Bertz CT molecular complexity index is 1130. The Morgan fingerprint density at radius 3 is 1.13 bits per heavy atom. The minimum Gasteiger partial charge on any atom is -0.492 e. The first-order valence-corrected chi connectivity index (χ1v) is 16.6. The van der Waals surface area contributed by atoms with E-state index in [0.717, 1.165) is 76.9 Å². The number of rotatable bonds is 18. The van der Waals surface area contributed by atoms with Gasteiger partial charge in [-0.25, -0.2) is 0 Å². The summed E-state index contributed by atoms with van der Waals surface area (Å²) in [6.07, 6.45) is -1.13. The monoisotopic (exact) mass is 634 g/mol. The summed E-state index contributed by atoms with van der Waals surface area (Å²) in [5.74, 6) is 3.18. The fraction of sp³-hybridized carbons (Fsp3) is 0.500. The van der Waals surface area contributed by atoms with Gasteiger partial charge in [0.05, 0.1) is 0 Å². The maximum absolute atomic E-state index is 10.6. The Kier molecular flexibility index (Phi) is 13.8. The molecule has 10 nitrogen and oxygen atoms in total. The van der Waals surface area contributed by atoms with Crippen molar-refractivity contribution in [1.82, 2.24) is 19.6 Å². The molecule has 2 N–H and O–H groups in total. The highest BCUT2D eigenvalue weighted by molar-refractivity contribution is 5.31. The number of aliphatic hydroxyl groups excluding tert-OH is 2. The molecule has 2 fully saturated rings. The molecule has 10 heteroatoms. The SMILES string of the molecule is O[C@H](COc1ccc(OC[C@H](O)CN2CCN(CCOc3ccccc3)CC2)cc1)CN1CCN(CCOc2ccccc2)CC1. The quantitative estimate of drug-likeness (QED) is 0.218. The van der Waals surface area contributed by atoms with Gasteiger partial charge in [-0.15, -0.1) is 0 Å². The van der Waals surface area contributed by atoms with Crippen LogP contribution in [0.4, 0.5) is 0 Å². The summed E-state index contributed by atoms with van der Waals surface area (Å²) in [5, 5.41) is 21.1. The van der Waals surface area contributed by atoms with Crippen LogP contribution in [0.3, 0.4) is 0 Å². The van der Waals surface area contributed by atoms with Crippen molar-refractivity contribution in [3.8, 4) is 23.0 Å². The summed E-state index contributed by atoms with van der Waals surface area (Å²) >= 11 is 0. The zero-order valence-corrected chi connectivity index (χ0v) is 26.9. The third-order valence-electron chi connectivity index (χ3n) is 8.42. The molecule has 0 amide bonds. The smallest absolute Gasteiger partial charge is 0.119 e. The summed E-state index contributed by atoms with van der Waals surface area (Å²) in [6, 6.07) is 27.2. The van der Waals surface area contributed by atoms with Crippen molar-refractivity contribution in [2.24, 2.45) is 0 Å². The van der Waals surface area contributed by atoms with Crippen LogP contribution in [0.25, 0.3) is 0 Å². The molecule has 0 unspecified atom stereocenters. The molecule has 2 aliphatic heterocycles. The van der Waals surface area contributed by atoms with Crippen molar-refractivity contribution in [3.63, 3.8) is 0 Å². The van der Waals surface area contributed by atoms with Gasteiger partial charge in [-0.2, -0.15) is 0 Å². The second-order valence-corrected chi connectivity index (χ2v) is 12.0. The van der Waals surface area contributed by atoms with Crippen molar-refractivity contribution in [1.29, 1.82) is 0 Å². The highest BCUT2D eigenvalue weighted by Crippen LogP contribution is 2.18. The molecule has 0 spiro atoms.